The Labute approximate surface area is 159 Å². The molecule has 1 aromatic carbocycles. The van der Waals surface area contributed by atoms with E-state index in [1.165, 1.54) is 34.4 Å². The van der Waals surface area contributed by atoms with E-state index in [4.69, 9.17) is 5.11 Å². The largest absolute Gasteiger partial charge is 0.465 e. The summed E-state index contributed by atoms with van der Waals surface area (Å²) in [4.78, 5) is 30.4. The monoisotopic (exact) mass is 391 g/mol. The Hall–Kier alpha value is -3.04. The van der Waals surface area contributed by atoms with Crippen molar-refractivity contribution in [3.05, 3.63) is 42.2 Å². The lowest BCUT2D eigenvalue weighted by molar-refractivity contribution is 0.0263. The summed E-state index contributed by atoms with van der Waals surface area (Å²) in [6.45, 7) is -0.105. The zero-order chi connectivity index (χ0) is 19.8. The lowest BCUT2D eigenvalue weighted by atomic mass is 10.00. The van der Waals surface area contributed by atoms with Crippen molar-refractivity contribution in [1.82, 2.24) is 24.6 Å². The van der Waals surface area contributed by atoms with Crippen LogP contribution in [0.15, 0.2) is 30.9 Å². The van der Waals surface area contributed by atoms with Crippen LogP contribution in [0.5, 0.6) is 0 Å². The third-order valence-corrected chi connectivity index (χ3v) is 5.17. The number of carbonyl (C=O) groups excluding carboxylic acids is 1. The van der Waals surface area contributed by atoms with Crippen LogP contribution in [0.3, 0.4) is 0 Å². The quantitative estimate of drug-likeness (QED) is 0.862. The maximum Gasteiger partial charge on any atom is 0.407 e. The van der Waals surface area contributed by atoms with Crippen molar-refractivity contribution in [1.29, 1.82) is 0 Å². The summed E-state index contributed by atoms with van der Waals surface area (Å²) in [6, 6.07) is 3.23. The van der Waals surface area contributed by atoms with Crippen LogP contribution in [0, 0.1) is 5.82 Å². The second kappa shape index (κ2) is 7.17. The van der Waals surface area contributed by atoms with Gasteiger partial charge < -0.3 is 14.9 Å². The summed E-state index contributed by atoms with van der Waals surface area (Å²) in [6.07, 6.45) is 1.71. The van der Waals surface area contributed by atoms with E-state index in [0.717, 1.165) is 23.8 Å². The predicted octanol–water partition coefficient (Wildman–Crippen LogP) is 2.10. The second-order valence-electron chi connectivity index (χ2n) is 7.05. The topological polar surface area (TPSA) is 91.6 Å². The lowest BCUT2D eigenvalue weighted by Gasteiger charge is -2.40. The van der Waals surface area contributed by atoms with E-state index in [9.17, 15) is 18.4 Å². The van der Waals surface area contributed by atoms with Gasteiger partial charge in [-0.1, -0.05) is 0 Å². The van der Waals surface area contributed by atoms with Crippen LogP contribution in [-0.2, 0) is 0 Å². The van der Waals surface area contributed by atoms with Gasteiger partial charge in [-0.25, -0.2) is 23.2 Å². The van der Waals surface area contributed by atoms with Crippen molar-refractivity contribution in [3.63, 3.8) is 0 Å². The Morgan fingerprint density at radius 3 is 2.61 bits per heavy atom. The van der Waals surface area contributed by atoms with Crippen molar-refractivity contribution in [2.45, 2.75) is 37.5 Å². The highest BCUT2D eigenvalue weighted by Gasteiger charge is 2.44. The van der Waals surface area contributed by atoms with E-state index in [1.807, 2.05) is 0 Å². The zero-order valence-corrected chi connectivity index (χ0v) is 14.9. The van der Waals surface area contributed by atoms with Crippen molar-refractivity contribution < 1.29 is 23.5 Å². The standard InChI is InChI=1S/C18H19F2N5O3/c19-13-7-11(1-4-15(13)24-10-21-9-22-24)17(26)25(12-2-3-12)16-5-6-23(18(27)28)8-14(16)20/h1,4,7,9-10,12,14,16H,2-3,5-6,8H2,(H,27,28)/t14-,16+/m1/s1. The molecule has 148 valence electrons. The van der Waals surface area contributed by atoms with Crippen LogP contribution in [0.1, 0.15) is 29.6 Å². The minimum absolute atomic E-state index is 0.0924. The van der Waals surface area contributed by atoms with Crippen LogP contribution >= 0.6 is 0 Å². The fourth-order valence-electron chi connectivity index (χ4n) is 3.63. The van der Waals surface area contributed by atoms with Gasteiger partial charge in [0.15, 0.2) is 0 Å². The fraction of sp³-hybridized carbons (Fsp3) is 0.444. The number of carbonyl (C=O) groups is 2. The van der Waals surface area contributed by atoms with Crippen molar-refractivity contribution in [2.75, 3.05) is 13.1 Å². The predicted molar refractivity (Wildman–Crippen MR) is 93.4 cm³/mol. The average Bonchev–Trinajstić information content (AvgIpc) is 3.35. The number of aromatic nitrogens is 3. The molecule has 0 radical (unpaired) electrons. The molecule has 1 aliphatic heterocycles. The van der Waals surface area contributed by atoms with Crippen molar-refractivity contribution in [3.8, 4) is 5.69 Å². The molecule has 0 bridgehead atoms. The molecule has 1 N–H and O–H groups in total. The first-order valence-electron chi connectivity index (χ1n) is 9.05. The van der Waals surface area contributed by atoms with Crippen molar-refractivity contribution >= 4 is 12.0 Å². The van der Waals surface area contributed by atoms with Gasteiger partial charge in [-0.2, -0.15) is 5.10 Å². The first-order chi connectivity index (χ1) is 13.5. The SMILES string of the molecule is O=C(O)N1CC[C@H](N(C(=O)c2ccc(-n3cncn3)c(F)c2)C2CC2)[C@H](F)C1. The molecule has 0 spiro atoms. The number of benzene rings is 1. The van der Waals surface area contributed by atoms with Gasteiger partial charge in [0, 0.05) is 18.2 Å². The average molecular weight is 391 g/mol. The number of hydrogen-bond donors (Lipinski definition) is 1. The summed E-state index contributed by atoms with van der Waals surface area (Å²) in [5, 5.41) is 12.9. The Kier molecular flexibility index (Phi) is 4.70. The molecule has 0 unspecified atom stereocenters. The van der Waals surface area contributed by atoms with Crippen molar-refractivity contribution in [2.24, 2.45) is 0 Å². The van der Waals surface area contributed by atoms with Crippen LogP contribution < -0.4 is 0 Å². The molecule has 8 nitrogen and oxygen atoms in total. The summed E-state index contributed by atoms with van der Waals surface area (Å²) in [5.74, 6) is -1.08. The highest BCUT2D eigenvalue weighted by molar-refractivity contribution is 5.95. The van der Waals surface area contributed by atoms with Crippen LogP contribution in [0.2, 0.25) is 0 Å². The Morgan fingerprint density at radius 1 is 1.25 bits per heavy atom. The number of rotatable bonds is 4. The molecule has 2 aliphatic rings. The number of carboxylic acid groups (broad SMARTS) is 1. The van der Waals surface area contributed by atoms with Crippen LogP contribution in [0.25, 0.3) is 5.69 Å². The molecule has 10 heteroatoms. The van der Waals surface area contributed by atoms with Gasteiger partial charge in [-0.3, -0.25) is 4.79 Å². The van der Waals surface area contributed by atoms with E-state index >= 15 is 0 Å². The van der Waals surface area contributed by atoms with Gasteiger partial charge in [0.2, 0.25) is 0 Å². The van der Waals surface area contributed by atoms with Gasteiger partial charge in [0.1, 0.15) is 30.3 Å². The van der Waals surface area contributed by atoms with Crippen LogP contribution in [0.4, 0.5) is 13.6 Å². The van der Waals surface area contributed by atoms with E-state index < -0.39 is 30.0 Å². The Bertz CT molecular complexity index is 887. The normalized spacial score (nSPS) is 22.1. The molecule has 1 saturated carbocycles. The molecule has 1 saturated heterocycles. The molecule has 28 heavy (non-hydrogen) atoms. The van der Waals surface area contributed by atoms with E-state index in [-0.39, 0.29) is 36.8 Å². The summed E-state index contributed by atoms with van der Waals surface area (Å²) in [7, 11) is 0. The number of hydrogen-bond acceptors (Lipinski definition) is 4. The summed E-state index contributed by atoms with van der Waals surface area (Å²) >= 11 is 0. The molecule has 4 rings (SSSR count). The second-order valence-corrected chi connectivity index (χ2v) is 7.05. The lowest BCUT2D eigenvalue weighted by Crippen LogP contribution is -2.55. The third kappa shape index (κ3) is 3.41. The van der Waals surface area contributed by atoms with Crippen LogP contribution in [-0.4, -0.2) is 73.0 Å². The number of halogens is 2. The molecule has 2 fully saturated rings. The van der Waals surface area contributed by atoms with E-state index in [2.05, 4.69) is 10.1 Å². The minimum Gasteiger partial charge on any atom is -0.465 e. The molecule has 2 heterocycles. The zero-order valence-electron chi connectivity index (χ0n) is 14.9. The number of nitrogens with zero attached hydrogens (tertiary/aromatic N) is 5. The maximum atomic E-state index is 14.7. The van der Waals surface area contributed by atoms with E-state index in [0.29, 0.717) is 0 Å². The number of piperidine rings is 1. The first kappa shape index (κ1) is 18.3. The maximum absolute atomic E-state index is 14.7. The molecule has 1 aromatic heterocycles. The summed E-state index contributed by atoms with van der Waals surface area (Å²) in [5.41, 5.74) is 0.284. The van der Waals surface area contributed by atoms with Gasteiger partial charge in [-0.15, -0.1) is 0 Å². The molecule has 2 atom stereocenters. The highest BCUT2D eigenvalue weighted by Crippen LogP contribution is 2.34. The van der Waals surface area contributed by atoms with Gasteiger partial charge in [0.05, 0.1) is 12.6 Å². The number of amides is 2. The van der Waals surface area contributed by atoms with Gasteiger partial charge in [0.25, 0.3) is 5.91 Å². The van der Waals surface area contributed by atoms with Gasteiger partial charge in [-0.05, 0) is 37.5 Å². The molecular weight excluding hydrogens is 372 g/mol. The fourth-order valence-corrected chi connectivity index (χ4v) is 3.63. The number of likely N-dealkylation sites (tertiary alicyclic amines) is 1. The van der Waals surface area contributed by atoms with E-state index in [1.54, 1.807) is 0 Å². The smallest absolute Gasteiger partial charge is 0.407 e. The molecule has 2 aromatic rings. The molecule has 1 aliphatic carbocycles. The first-order valence-corrected chi connectivity index (χ1v) is 9.05. The van der Waals surface area contributed by atoms with Gasteiger partial charge >= 0.3 is 6.09 Å². The third-order valence-electron chi connectivity index (χ3n) is 5.17. The highest BCUT2D eigenvalue weighted by atomic mass is 19.1. The molecule has 2 amide bonds. The molecular formula is C18H19F2N5O3. The minimum atomic E-state index is -1.48. The Morgan fingerprint density at radius 2 is 2.04 bits per heavy atom. The Balaban J connectivity index is 1.56. The number of alkyl halides is 1. The summed E-state index contributed by atoms with van der Waals surface area (Å²) < 4.78 is 30.5.